The van der Waals surface area contributed by atoms with Crippen LogP contribution in [0, 0.1) is 0 Å². The lowest BCUT2D eigenvalue weighted by Gasteiger charge is -2.09. The molecule has 0 amide bonds. The molecule has 0 aromatic heterocycles. The maximum atomic E-state index is 11.8. The van der Waals surface area contributed by atoms with E-state index < -0.39 is 6.43 Å². The molecular weight excluding hydrogens is 126 g/mol. The predicted octanol–water partition coefficient (Wildman–Crippen LogP) is 0.585. The van der Waals surface area contributed by atoms with Crippen molar-refractivity contribution in [2.75, 3.05) is 13.6 Å². The van der Waals surface area contributed by atoms with Gasteiger partial charge in [-0.2, -0.15) is 0 Å². The number of halogens is 2. The normalized spacial score (nSPS) is 20.2. The van der Waals surface area contributed by atoms with Crippen molar-refractivity contribution >= 4 is 0 Å². The number of nitrogens with one attached hydrogen (secondary N) is 1. The second-order valence-electron chi connectivity index (χ2n) is 1.95. The van der Waals surface area contributed by atoms with E-state index in [-0.39, 0.29) is 5.70 Å². The van der Waals surface area contributed by atoms with Crippen molar-refractivity contribution in [2.45, 2.75) is 6.43 Å². The van der Waals surface area contributed by atoms with Crippen molar-refractivity contribution in [3.63, 3.8) is 0 Å². The zero-order valence-corrected chi connectivity index (χ0v) is 5.06. The van der Waals surface area contributed by atoms with Crippen LogP contribution < -0.4 is 5.43 Å². The van der Waals surface area contributed by atoms with Crippen LogP contribution in [0.5, 0.6) is 0 Å². The van der Waals surface area contributed by atoms with Crippen LogP contribution in [-0.2, 0) is 0 Å². The lowest BCUT2D eigenvalue weighted by molar-refractivity contribution is 0.164. The molecule has 0 saturated heterocycles. The molecule has 0 bridgehead atoms. The van der Waals surface area contributed by atoms with Crippen molar-refractivity contribution in [3.05, 3.63) is 11.8 Å². The van der Waals surface area contributed by atoms with E-state index in [4.69, 9.17) is 0 Å². The Morgan fingerprint density at radius 3 is 2.67 bits per heavy atom. The van der Waals surface area contributed by atoms with E-state index in [0.29, 0.717) is 6.54 Å². The Kier molecular flexibility index (Phi) is 1.66. The van der Waals surface area contributed by atoms with Crippen LogP contribution in [-0.4, -0.2) is 25.0 Å². The first kappa shape index (κ1) is 6.48. The Morgan fingerprint density at radius 2 is 2.44 bits per heavy atom. The minimum Gasteiger partial charge on any atom is -0.318 e. The molecule has 0 aromatic carbocycles. The van der Waals surface area contributed by atoms with Crippen LogP contribution in [0.1, 0.15) is 0 Å². The number of rotatable bonds is 1. The Morgan fingerprint density at radius 1 is 1.78 bits per heavy atom. The van der Waals surface area contributed by atoms with E-state index in [9.17, 15) is 8.78 Å². The Balaban J connectivity index is 2.45. The number of nitrogens with zero attached hydrogens (tertiary/aromatic N) is 1. The maximum Gasteiger partial charge on any atom is 0.278 e. The Hall–Kier alpha value is -0.640. The van der Waals surface area contributed by atoms with Crippen molar-refractivity contribution < 1.29 is 8.78 Å². The molecule has 0 atom stereocenters. The fraction of sp³-hybridized carbons (Fsp3) is 0.600. The van der Waals surface area contributed by atoms with E-state index in [1.165, 1.54) is 6.08 Å². The summed E-state index contributed by atoms with van der Waals surface area (Å²) < 4.78 is 23.5. The van der Waals surface area contributed by atoms with Crippen molar-refractivity contribution in [1.29, 1.82) is 0 Å². The topological polar surface area (TPSA) is 15.3 Å². The lowest BCUT2D eigenvalue weighted by atomic mass is 10.4. The minimum atomic E-state index is -2.37. The number of hydrogen-bond acceptors (Lipinski definition) is 2. The van der Waals surface area contributed by atoms with E-state index in [2.05, 4.69) is 5.43 Å². The van der Waals surface area contributed by atoms with E-state index in [1.54, 1.807) is 12.1 Å². The SMILES string of the molecule is CN1CC=C(C(F)F)N1. The zero-order valence-electron chi connectivity index (χ0n) is 5.06. The van der Waals surface area contributed by atoms with Gasteiger partial charge in [-0.1, -0.05) is 0 Å². The van der Waals surface area contributed by atoms with Crippen molar-refractivity contribution in [3.8, 4) is 0 Å². The smallest absolute Gasteiger partial charge is 0.278 e. The van der Waals surface area contributed by atoms with Gasteiger partial charge >= 0.3 is 0 Å². The van der Waals surface area contributed by atoms with Gasteiger partial charge in [-0.3, -0.25) is 0 Å². The maximum absolute atomic E-state index is 11.8. The Bertz CT molecular complexity index is 133. The van der Waals surface area contributed by atoms with Gasteiger partial charge in [0.15, 0.2) is 0 Å². The molecule has 0 fully saturated rings. The molecule has 0 aromatic rings. The molecule has 0 unspecified atom stereocenters. The summed E-state index contributed by atoms with van der Waals surface area (Å²) in [5, 5.41) is 1.60. The summed E-state index contributed by atoms with van der Waals surface area (Å²) in [6, 6.07) is 0. The molecule has 1 rings (SSSR count). The van der Waals surface area contributed by atoms with Crippen LogP contribution in [0.4, 0.5) is 8.78 Å². The third-order valence-electron chi connectivity index (χ3n) is 1.14. The zero-order chi connectivity index (χ0) is 6.85. The number of hydrogen-bond donors (Lipinski definition) is 1. The van der Waals surface area contributed by atoms with Gasteiger partial charge in [0, 0.05) is 13.6 Å². The van der Waals surface area contributed by atoms with Gasteiger partial charge in [-0.25, -0.2) is 13.8 Å². The number of allylic oxidation sites excluding steroid dienone is 1. The first-order chi connectivity index (χ1) is 4.20. The van der Waals surface area contributed by atoms with E-state index in [1.807, 2.05) is 0 Å². The number of likely N-dealkylation sites (N-methyl/N-ethyl adjacent to an activating group) is 1. The third-order valence-corrected chi connectivity index (χ3v) is 1.14. The summed E-state index contributed by atoms with van der Waals surface area (Å²) in [5.74, 6) is 0. The first-order valence-electron chi connectivity index (χ1n) is 2.66. The summed E-state index contributed by atoms with van der Waals surface area (Å²) in [7, 11) is 1.71. The highest BCUT2D eigenvalue weighted by Gasteiger charge is 2.16. The molecule has 1 aliphatic rings. The summed E-state index contributed by atoms with van der Waals surface area (Å²) in [5.41, 5.74) is 2.51. The molecule has 4 heteroatoms. The second-order valence-corrected chi connectivity index (χ2v) is 1.95. The van der Waals surface area contributed by atoms with Crippen LogP contribution in [0.3, 0.4) is 0 Å². The first-order valence-corrected chi connectivity index (χ1v) is 2.66. The molecule has 0 aliphatic carbocycles. The largest absolute Gasteiger partial charge is 0.318 e. The average molecular weight is 134 g/mol. The van der Waals surface area contributed by atoms with Crippen LogP contribution >= 0.6 is 0 Å². The highest BCUT2D eigenvalue weighted by molar-refractivity contribution is 5.07. The fourth-order valence-corrected chi connectivity index (χ4v) is 0.685. The second kappa shape index (κ2) is 2.31. The number of hydrazine groups is 1. The van der Waals surface area contributed by atoms with Crippen molar-refractivity contribution in [1.82, 2.24) is 10.4 Å². The van der Waals surface area contributed by atoms with Gasteiger partial charge in [0.25, 0.3) is 6.43 Å². The molecule has 1 aliphatic heterocycles. The van der Waals surface area contributed by atoms with Gasteiger partial charge < -0.3 is 5.43 Å². The van der Waals surface area contributed by atoms with Gasteiger partial charge in [-0.05, 0) is 6.08 Å². The molecule has 9 heavy (non-hydrogen) atoms. The lowest BCUT2D eigenvalue weighted by Crippen LogP contribution is -2.29. The summed E-state index contributed by atoms with van der Waals surface area (Å²) in [6.45, 7) is 0.555. The minimum absolute atomic E-state index is 0.0116. The van der Waals surface area contributed by atoms with E-state index in [0.717, 1.165) is 0 Å². The van der Waals surface area contributed by atoms with Crippen LogP contribution in [0.15, 0.2) is 11.8 Å². The molecular formula is C5H8F2N2. The summed E-state index contributed by atoms with van der Waals surface area (Å²) in [4.78, 5) is 0. The monoisotopic (exact) mass is 134 g/mol. The quantitative estimate of drug-likeness (QED) is 0.564. The molecule has 0 spiro atoms. The van der Waals surface area contributed by atoms with Crippen molar-refractivity contribution in [2.24, 2.45) is 0 Å². The summed E-state index contributed by atoms with van der Waals surface area (Å²) >= 11 is 0. The standard InChI is InChI=1S/C5H8F2N2/c1-9-3-2-4(8-9)5(6)7/h2,5,8H,3H2,1H3. The molecule has 1 N–H and O–H groups in total. The number of alkyl halides is 2. The van der Waals surface area contributed by atoms with Gasteiger partial charge in [0.05, 0.1) is 5.70 Å². The van der Waals surface area contributed by atoms with Crippen LogP contribution in [0.25, 0.3) is 0 Å². The molecule has 1 heterocycles. The average Bonchev–Trinajstić information content (AvgIpc) is 2.14. The predicted molar refractivity (Wildman–Crippen MR) is 29.9 cm³/mol. The highest BCUT2D eigenvalue weighted by Crippen LogP contribution is 2.09. The molecule has 0 radical (unpaired) electrons. The van der Waals surface area contributed by atoms with E-state index >= 15 is 0 Å². The highest BCUT2D eigenvalue weighted by atomic mass is 19.3. The molecule has 2 nitrogen and oxygen atoms in total. The summed E-state index contributed by atoms with van der Waals surface area (Å²) in [6.07, 6.45) is -0.889. The van der Waals surface area contributed by atoms with Crippen LogP contribution in [0.2, 0.25) is 0 Å². The third kappa shape index (κ3) is 1.38. The molecule has 0 saturated carbocycles. The molecule has 52 valence electrons. The Labute approximate surface area is 52.1 Å². The van der Waals surface area contributed by atoms with Gasteiger partial charge in [0.1, 0.15) is 0 Å². The fourth-order valence-electron chi connectivity index (χ4n) is 0.685. The van der Waals surface area contributed by atoms with Gasteiger partial charge in [-0.15, -0.1) is 0 Å². The van der Waals surface area contributed by atoms with Gasteiger partial charge in [0.2, 0.25) is 0 Å².